The molecule has 1 rings (SSSR count). The minimum absolute atomic E-state index is 0.00181. The number of ether oxygens (including phenoxy) is 2. The number of hydrogen-bond donors (Lipinski definition) is 1. The molecule has 3 unspecified atom stereocenters. The summed E-state index contributed by atoms with van der Waals surface area (Å²) in [5.41, 5.74) is 0. The number of amides is 2. The Hall–Kier alpha value is -1.14. The van der Waals surface area contributed by atoms with Crippen molar-refractivity contribution in [3.63, 3.8) is 0 Å². The molecule has 1 fully saturated rings. The Bertz CT molecular complexity index is 349. The lowest BCUT2D eigenvalue weighted by molar-refractivity contribution is -0.137. The van der Waals surface area contributed by atoms with Crippen molar-refractivity contribution in [2.45, 2.75) is 45.7 Å². The van der Waals surface area contributed by atoms with Crippen LogP contribution in [-0.2, 0) is 19.1 Å². The lowest BCUT2D eigenvalue weighted by Crippen LogP contribution is -2.50. The highest BCUT2D eigenvalue weighted by atomic mass is 16.5. The second-order valence-electron chi connectivity index (χ2n) is 5.62. The first-order chi connectivity index (χ1) is 10.0. The average molecular weight is 300 g/mol. The van der Waals surface area contributed by atoms with Gasteiger partial charge in [0.2, 0.25) is 11.8 Å². The van der Waals surface area contributed by atoms with Gasteiger partial charge in [0.1, 0.15) is 6.04 Å². The van der Waals surface area contributed by atoms with E-state index < -0.39 is 6.04 Å². The van der Waals surface area contributed by atoms with Gasteiger partial charge < -0.3 is 19.7 Å². The van der Waals surface area contributed by atoms with E-state index in [9.17, 15) is 9.59 Å². The standard InChI is InChI=1S/C15H28N2O4/c1-5-11(2)14-15(19)17(6-7-21-9-8-20-4)12(3)10-13(18)16-14/h11-12,14H,5-10H2,1-4H3,(H,16,18). The zero-order valence-electron chi connectivity index (χ0n) is 13.6. The molecule has 122 valence electrons. The van der Waals surface area contributed by atoms with Crippen molar-refractivity contribution in [2.24, 2.45) is 5.92 Å². The molecular formula is C15H28N2O4. The molecule has 1 aliphatic rings. The second kappa shape index (κ2) is 9.00. The van der Waals surface area contributed by atoms with Crippen LogP contribution in [0.4, 0.5) is 0 Å². The molecule has 1 heterocycles. The van der Waals surface area contributed by atoms with Crippen LogP contribution in [0, 0.1) is 5.92 Å². The first-order valence-electron chi connectivity index (χ1n) is 7.67. The molecule has 1 aliphatic heterocycles. The maximum atomic E-state index is 12.7. The lowest BCUT2D eigenvalue weighted by Gasteiger charge is -2.30. The van der Waals surface area contributed by atoms with Gasteiger partial charge in [-0.25, -0.2) is 0 Å². The third-order valence-corrected chi connectivity index (χ3v) is 4.00. The van der Waals surface area contributed by atoms with E-state index in [1.54, 1.807) is 12.0 Å². The maximum Gasteiger partial charge on any atom is 0.245 e. The molecule has 0 radical (unpaired) electrons. The summed E-state index contributed by atoms with van der Waals surface area (Å²) >= 11 is 0. The van der Waals surface area contributed by atoms with Crippen LogP contribution < -0.4 is 5.32 Å². The van der Waals surface area contributed by atoms with Crippen molar-refractivity contribution in [1.82, 2.24) is 10.2 Å². The lowest BCUT2D eigenvalue weighted by atomic mass is 9.98. The number of carbonyl (C=O) groups excluding carboxylic acids is 2. The predicted octanol–water partition coefficient (Wildman–Crippen LogP) is 0.801. The van der Waals surface area contributed by atoms with Gasteiger partial charge in [-0.2, -0.15) is 0 Å². The van der Waals surface area contributed by atoms with E-state index in [2.05, 4.69) is 5.32 Å². The molecule has 0 bridgehead atoms. The van der Waals surface area contributed by atoms with E-state index in [-0.39, 0.29) is 23.8 Å². The van der Waals surface area contributed by atoms with Crippen molar-refractivity contribution in [3.8, 4) is 0 Å². The zero-order valence-corrected chi connectivity index (χ0v) is 13.6. The zero-order chi connectivity index (χ0) is 15.8. The Labute approximate surface area is 127 Å². The number of hydrogen-bond acceptors (Lipinski definition) is 4. The summed E-state index contributed by atoms with van der Waals surface area (Å²) in [6.07, 6.45) is 1.19. The van der Waals surface area contributed by atoms with Crippen molar-refractivity contribution in [1.29, 1.82) is 0 Å². The Morgan fingerprint density at radius 2 is 2.05 bits per heavy atom. The van der Waals surface area contributed by atoms with Gasteiger partial charge in [0.25, 0.3) is 0 Å². The van der Waals surface area contributed by atoms with E-state index in [4.69, 9.17) is 9.47 Å². The van der Waals surface area contributed by atoms with Crippen molar-refractivity contribution in [2.75, 3.05) is 33.5 Å². The molecule has 0 aliphatic carbocycles. The minimum atomic E-state index is -0.425. The number of carbonyl (C=O) groups is 2. The first-order valence-corrected chi connectivity index (χ1v) is 7.67. The molecule has 0 aromatic carbocycles. The second-order valence-corrected chi connectivity index (χ2v) is 5.62. The van der Waals surface area contributed by atoms with Crippen molar-refractivity contribution in [3.05, 3.63) is 0 Å². The third kappa shape index (κ3) is 5.28. The monoisotopic (exact) mass is 300 g/mol. The molecule has 0 spiro atoms. The van der Waals surface area contributed by atoms with Gasteiger partial charge in [0.05, 0.1) is 19.8 Å². The summed E-state index contributed by atoms with van der Waals surface area (Å²) in [4.78, 5) is 26.3. The average Bonchev–Trinajstić information content (AvgIpc) is 2.56. The fraction of sp³-hybridized carbons (Fsp3) is 0.867. The Morgan fingerprint density at radius 1 is 1.33 bits per heavy atom. The summed E-state index contributed by atoms with van der Waals surface area (Å²) in [5, 5.41) is 2.86. The maximum absolute atomic E-state index is 12.7. The fourth-order valence-corrected chi connectivity index (χ4v) is 2.43. The molecule has 6 heteroatoms. The smallest absolute Gasteiger partial charge is 0.245 e. The molecule has 1 saturated heterocycles. The molecule has 0 saturated carbocycles. The van der Waals surface area contributed by atoms with Gasteiger partial charge >= 0.3 is 0 Å². The summed E-state index contributed by atoms with van der Waals surface area (Å²) in [6, 6.07) is -0.524. The Kier molecular flexibility index (Phi) is 7.67. The van der Waals surface area contributed by atoms with E-state index >= 15 is 0 Å². The summed E-state index contributed by atoms with van der Waals surface area (Å²) in [5.74, 6) is 0.0747. The van der Waals surface area contributed by atoms with E-state index in [0.29, 0.717) is 32.8 Å². The highest BCUT2D eigenvalue weighted by Crippen LogP contribution is 2.17. The van der Waals surface area contributed by atoms with Crippen LogP contribution in [0.25, 0.3) is 0 Å². The van der Waals surface area contributed by atoms with Crippen LogP contribution >= 0.6 is 0 Å². The van der Waals surface area contributed by atoms with Crippen LogP contribution in [0.1, 0.15) is 33.6 Å². The van der Waals surface area contributed by atoms with Gasteiger partial charge in [-0.1, -0.05) is 20.3 Å². The summed E-state index contributed by atoms with van der Waals surface area (Å²) < 4.78 is 10.4. The van der Waals surface area contributed by atoms with Gasteiger partial charge in [0, 0.05) is 26.1 Å². The van der Waals surface area contributed by atoms with Gasteiger partial charge in [0.15, 0.2) is 0 Å². The van der Waals surface area contributed by atoms with Crippen LogP contribution in [0.15, 0.2) is 0 Å². The number of nitrogens with one attached hydrogen (secondary N) is 1. The van der Waals surface area contributed by atoms with E-state index in [0.717, 1.165) is 6.42 Å². The number of methoxy groups -OCH3 is 1. The van der Waals surface area contributed by atoms with Crippen LogP contribution in [0.2, 0.25) is 0 Å². The number of nitrogens with zero attached hydrogens (tertiary/aromatic N) is 1. The van der Waals surface area contributed by atoms with Gasteiger partial charge in [-0.3, -0.25) is 9.59 Å². The highest BCUT2D eigenvalue weighted by molar-refractivity contribution is 5.90. The molecule has 3 atom stereocenters. The Balaban J connectivity index is 2.65. The van der Waals surface area contributed by atoms with Crippen molar-refractivity contribution < 1.29 is 19.1 Å². The van der Waals surface area contributed by atoms with Crippen molar-refractivity contribution >= 4 is 11.8 Å². The summed E-state index contributed by atoms with van der Waals surface area (Å²) in [7, 11) is 1.62. The fourth-order valence-electron chi connectivity index (χ4n) is 2.43. The molecule has 21 heavy (non-hydrogen) atoms. The van der Waals surface area contributed by atoms with Gasteiger partial charge in [-0.15, -0.1) is 0 Å². The topological polar surface area (TPSA) is 67.9 Å². The molecule has 2 amide bonds. The molecule has 0 aromatic rings. The SMILES string of the molecule is CCC(C)C1NC(=O)CC(C)N(CCOCCOC)C1=O. The molecule has 6 nitrogen and oxygen atoms in total. The first kappa shape index (κ1) is 17.9. The molecular weight excluding hydrogens is 272 g/mol. The molecule has 1 N–H and O–H groups in total. The minimum Gasteiger partial charge on any atom is -0.382 e. The predicted molar refractivity (Wildman–Crippen MR) is 79.9 cm³/mol. The van der Waals surface area contributed by atoms with Crippen LogP contribution in [-0.4, -0.2) is 62.3 Å². The van der Waals surface area contributed by atoms with E-state index in [1.807, 2.05) is 20.8 Å². The normalized spacial score (nSPS) is 24.7. The highest BCUT2D eigenvalue weighted by Gasteiger charge is 2.35. The van der Waals surface area contributed by atoms with Crippen LogP contribution in [0.3, 0.4) is 0 Å². The Morgan fingerprint density at radius 3 is 2.67 bits per heavy atom. The van der Waals surface area contributed by atoms with Gasteiger partial charge in [-0.05, 0) is 12.8 Å². The quantitative estimate of drug-likeness (QED) is 0.673. The van der Waals surface area contributed by atoms with Crippen LogP contribution in [0.5, 0.6) is 0 Å². The van der Waals surface area contributed by atoms with E-state index in [1.165, 1.54) is 0 Å². The largest absolute Gasteiger partial charge is 0.382 e. The number of rotatable bonds is 8. The summed E-state index contributed by atoms with van der Waals surface area (Å²) in [6.45, 7) is 7.94. The third-order valence-electron chi connectivity index (χ3n) is 4.00. The molecule has 0 aromatic heterocycles.